The fraction of sp³-hybridized carbons (Fsp3) is 0.143. The van der Waals surface area contributed by atoms with Gasteiger partial charge in [-0.2, -0.15) is 0 Å². The zero-order valence-corrected chi connectivity index (χ0v) is 10.9. The van der Waals surface area contributed by atoms with E-state index in [0.29, 0.717) is 12.1 Å². The summed E-state index contributed by atoms with van der Waals surface area (Å²) < 4.78 is 0. The van der Waals surface area contributed by atoms with E-state index in [-0.39, 0.29) is 17.2 Å². The smallest absolute Gasteiger partial charge is 0.273 e. The Kier molecular flexibility index (Phi) is 4.05. The molecule has 0 radical (unpaired) electrons. The molecule has 2 N–H and O–H groups in total. The number of nitro benzene ring substituents is 1. The highest BCUT2D eigenvalue weighted by Crippen LogP contribution is 2.19. The number of hydrogen-bond acceptors (Lipinski definition) is 3. The highest BCUT2D eigenvalue weighted by molar-refractivity contribution is 5.94. The van der Waals surface area contributed by atoms with Gasteiger partial charge >= 0.3 is 0 Å². The van der Waals surface area contributed by atoms with Gasteiger partial charge in [0.2, 0.25) is 0 Å². The van der Waals surface area contributed by atoms with Gasteiger partial charge in [-0.15, -0.1) is 0 Å². The first-order valence-corrected chi connectivity index (χ1v) is 6.06. The largest absolute Gasteiger partial charge is 0.348 e. The molecule has 0 spiro atoms. The van der Waals surface area contributed by atoms with E-state index in [4.69, 9.17) is 0 Å². The normalized spacial score (nSPS) is 10.1. The molecule has 0 aliphatic heterocycles. The van der Waals surface area contributed by atoms with Gasteiger partial charge in [-0.25, -0.2) is 4.98 Å². The van der Waals surface area contributed by atoms with Crippen LogP contribution < -0.4 is 10.3 Å². The summed E-state index contributed by atoms with van der Waals surface area (Å²) >= 11 is 0. The number of carbonyl (C=O) groups is 1. The summed E-state index contributed by atoms with van der Waals surface area (Å²) in [6, 6.07) is 8.15. The van der Waals surface area contributed by atoms with E-state index in [1.54, 1.807) is 31.5 Å². The van der Waals surface area contributed by atoms with Crippen molar-refractivity contribution in [2.75, 3.05) is 0 Å². The summed E-state index contributed by atoms with van der Waals surface area (Å²) in [6.07, 6.45) is 3.55. The molecule has 0 saturated carbocycles. The van der Waals surface area contributed by atoms with Crippen molar-refractivity contribution in [2.45, 2.75) is 13.5 Å². The predicted molar refractivity (Wildman–Crippen MR) is 72.0 cm³/mol. The zero-order valence-electron chi connectivity index (χ0n) is 10.9. The lowest BCUT2D eigenvalue weighted by atomic mass is 10.1. The Labute approximate surface area is 115 Å². The number of pyridine rings is 1. The number of H-pyrrole nitrogens is 1. The van der Waals surface area contributed by atoms with Crippen molar-refractivity contribution in [3.05, 3.63) is 69.5 Å². The first-order valence-electron chi connectivity index (χ1n) is 6.06. The van der Waals surface area contributed by atoms with Crippen LogP contribution in [0.5, 0.6) is 0 Å². The molecule has 0 aliphatic carbocycles. The third kappa shape index (κ3) is 3.17. The van der Waals surface area contributed by atoms with Crippen molar-refractivity contribution in [2.24, 2.45) is 0 Å². The Hall–Kier alpha value is -2.76. The minimum atomic E-state index is -0.488. The number of hydrogen-bond donors (Lipinski definition) is 1. The van der Waals surface area contributed by atoms with Gasteiger partial charge in [-0.3, -0.25) is 14.9 Å². The number of rotatable bonds is 4. The molecule has 6 heteroatoms. The summed E-state index contributed by atoms with van der Waals surface area (Å²) in [6.45, 7) is 2.00. The third-order valence-corrected chi connectivity index (χ3v) is 2.89. The van der Waals surface area contributed by atoms with Gasteiger partial charge < -0.3 is 5.32 Å². The molecular formula is C14H14N3O3+. The van der Waals surface area contributed by atoms with Crippen molar-refractivity contribution in [3.8, 4) is 0 Å². The van der Waals surface area contributed by atoms with Crippen LogP contribution in [0.25, 0.3) is 0 Å². The second kappa shape index (κ2) is 5.92. The lowest BCUT2D eigenvalue weighted by Crippen LogP contribution is -2.23. The van der Waals surface area contributed by atoms with Crippen LogP contribution in [-0.4, -0.2) is 10.8 Å². The van der Waals surface area contributed by atoms with Crippen LogP contribution in [0.2, 0.25) is 0 Å². The number of carbonyl (C=O) groups excluding carboxylic acids is 1. The monoisotopic (exact) mass is 272 g/mol. The third-order valence-electron chi connectivity index (χ3n) is 2.89. The van der Waals surface area contributed by atoms with Crippen LogP contribution in [0, 0.1) is 17.0 Å². The molecule has 1 aromatic heterocycles. The number of nitro groups is 1. The molecule has 0 fully saturated rings. The molecule has 1 amide bonds. The minimum absolute atomic E-state index is 0.0503. The van der Waals surface area contributed by atoms with E-state index < -0.39 is 4.92 Å². The lowest BCUT2D eigenvalue weighted by Gasteiger charge is -2.05. The van der Waals surface area contributed by atoms with E-state index in [1.165, 1.54) is 6.07 Å². The highest BCUT2D eigenvalue weighted by atomic mass is 16.6. The zero-order chi connectivity index (χ0) is 14.5. The lowest BCUT2D eigenvalue weighted by molar-refractivity contribution is -0.385. The van der Waals surface area contributed by atoms with Crippen molar-refractivity contribution in [1.29, 1.82) is 0 Å². The molecule has 0 aliphatic rings. The maximum Gasteiger partial charge on any atom is 0.273 e. The molecule has 0 atom stereocenters. The molecule has 102 valence electrons. The number of aromatic amines is 1. The average molecular weight is 272 g/mol. The van der Waals surface area contributed by atoms with Crippen molar-refractivity contribution in [3.63, 3.8) is 0 Å². The van der Waals surface area contributed by atoms with Gasteiger partial charge in [0.15, 0.2) is 12.4 Å². The minimum Gasteiger partial charge on any atom is -0.348 e. The Morgan fingerprint density at radius 1 is 1.40 bits per heavy atom. The molecule has 2 aromatic rings. The van der Waals surface area contributed by atoms with Gasteiger partial charge in [0, 0.05) is 35.4 Å². The van der Waals surface area contributed by atoms with Crippen LogP contribution >= 0.6 is 0 Å². The molecule has 2 rings (SSSR count). The summed E-state index contributed by atoms with van der Waals surface area (Å²) in [5.41, 5.74) is 1.68. The van der Waals surface area contributed by atoms with Gasteiger partial charge in [0.1, 0.15) is 0 Å². The van der Waals surface area contributed by atoms with Gasteiger partial charge in [0.05, 0.1) is 4.92 Å². The summed E-state index contributed by atoms with van der Waals surface area (Å²) in [4.78, 5) is 25.2. The molecule has 20 heavy (non-hydrogen) atoms. The Morgan fingerprint density at radius 3 is 2.85 bits per heavy atom. The number of nitrogens with zero attached hydrogens (tertiary/aromatic N) is 1. The van der Waals surface area contributed by atoms with Crippen LogP contribution in [-0.2, 0) is 6.54 Å². The quantitative estimate of drug-likeness (QED) is 0.678. The van der Waals surface area contributed by atoms with Gasteiger partial charge in [0.25, 0.3) is 11.6 Å². The van der Waals surface area contributed by atoms with Gasteiger partial charge in [-0.1, -0.05) is 6.07 Å². The van der Waals surface area contributed by atoms with Crippen LogP contribution in [0.3, 0.4) is 0 Å². The maximum atomic E-state index is 12.0. The summed E-state index contributed by atoms with van der Waals surface area (Å²) in [5.74, 6) is -0.336. The Morgan fingerprint density at radius 2 is 2.20 bits per heavy atom. The summed E-state index contributed by atoms with van der Waals surface area (Å²) in [5, 5.41) is 13.6. The highest BCUT2D eigenvalue weighted by Gasteiger charge is 2.14. The first kappa shape index (κ1) is 13.7. The molecule has 1 heterocycles. The van der Waals surface area contributed by atoms with Crippen molar-refractivity contribution >= 4 is 11.6 Å². The first-order chi connectivity index (χ1) is 9.58. The number of aryl methyl sites for hydroxylation is 1. The average Bonchev–Trinajstić information content (AvgIpc) is 2.46. The number of amides is 1. The molecule has 1 aromatic carbocycles. The van der Waals surface area contributed by atoms with E-state index in [9.17, 15) is 14.9 Å². The molecule has 0 bridgehead atoms. The standard InChI is InChI=1S/C14H13N3O3/c1-10-4-5-12(7-13(10)17(19)20)14(18)16-9-11-3-2-6-15-8-11/h2-8H,9H2,1H3,(H,16,18)/p+1. The number of nitrogens with one attached hydrogen (secondary N) is 2. The number of benzene rings is 1. The molecule has 0 saturated heterocycles. The van der Waals surface area contributed by atoms with Crippen LogP contribution in [0.1, 0.15) is 21.5 Å². The second-order valence-electron chi connectivity index (χ2n) is 4.35. The van der Waals surface area contributed by atoms with Gasteiger partial charge in [-0.05, 0) is 19.1 Å². The fourth-order valence-corrected chi connectivity index (χ4v) is 1.77. The molecule has 0 unspecified atom stereocenters. The van der Waals surface area contributed by atoms with Crippen molar-refractivity contribution in [1.82, 2.24) is 5.32 Å². The predicted octanol–water partition coefficient (Wildman–Crippen LogP) is 1.65. The van der Waals surface area contributed by atoms with E-state index in [1.807, 2.05) is 12.1 Å². The van der Waals surface area contributed by atoms with Crippen LogP contribution in [0.15, 0.2) is 42.7 Å². The van der Waals surface area contributed by atoms with Crippen LogP contribution in [0.4, 0.5) is 5.69 Å². The van der Waals surface area contributed by atoms with E-state index in [2.05, 4.69) is 10.3 Å². The van der Waals surface area contributed by atoms with E-state index in [0.717, 1.165) is 5.56 Å². The Bertz CT molecular complexity index is 641. The van der Waals surface area contributed by atoms with Crippen molar-refractivity contribution < 1.29 is 14.7 Å². The van der Waals surface area contributed by atoms with E-state index >= 15 is 0 Å². The second-order valence-corrected chi connectivity index (χ2v) is 4.35. The topological polar surface area (TPSA) is 86.4 Å². The SMILES string of the molecule is Cc1ccc(C(=O)NCc2ccc[nH+]c2)cc1[N+](=O)[O-]. The Balaban J connectivity index is 2.10. The number of aromatic nitrogens is 1. The molecule has 6 nitrogen and oxygen atoms in total. The molecular weight excluding hydrogens is 258 g/mol. The summed E-state index contributed by atoms with van der Waals surface area (Å²) in [7, 11) is 0. The fourth-order valence-electron chi connectivity index (χ4n) is 1.77. The maximum absolute atomic E-state index is 12.0.